The van der Waals surface area contributed by atoms with E-state index in [0.717, 1.165) is 17.9 Å². The van der Waals surface area contributed by atoms with Gasteiger partial charge >= 0.3 is 0 Å². The van der Waals surface area contributed by atoms with Gasteiger partial charge in [-0.05, 0) is 51.8 Å². The van der Waals surface area contributed by atoms with Gasteiger partial charge in [-0.1, -0.05) is 38.1 Å². The Balaban J connectivity index is 1.87. The maximum atomic E-state index is 6.14. The minimum absolute atomic E-state index is 0.0910. The lowest BCUT2D eigenvalue weighted by molar-refractivity contribution is 0.228. The molecule has 21 heavy (non-hydrogen) atoms. The molecule has 2 aromatic carbocycles. The van der Waals surface area contributed by atoms with Gasteiger partial charge in [0.15, 0.2) is 11.5 Å². The van der Waals surface area contributed by atoms with Crippen molar-refractivity contribution in [2.75, 3.05) is 7.11 Å². The van der Waals surface area contributed by atoms with E-state index in [0.29, 0.717) is 5.92 Å². The smallest absolute Gasteiger partial charge is 0.165 e. The standard InChI is InChI=1S/C18H19IO2/c1-11(2)12-4-6-13(7-5-12)16-9-14-8-15(19)10-17(20-3)18(14)21-16/h4-8,10-11,16H,9H2,1-3H3. The molecule has 0 bridgehead atoms. The molecule has 1 unspecified atom stereocenters. The molecular weight excluding hydrogens is 375 g/mol. The summed E-state index contributed by atoms with van der Waals surface area (Å²) in [5.74, 6) is 2.29. The third-order valence-corrected chi connectivity index (χ3v) is 4.58. The highest BCUT2D eigenvalue weighted by molar-refractivity contribution is 14.1. The van der Waals surface area contributed by atoms with Crippen molar-refractivity contribution < 1.29 is 9.47 Å². The summed E-state index contributed by atoms with van der Waals surface area (Å²) in [6, 6.07) is 13.0. The SMILES string of the molecule is COc1cc(I)cc2c1OC(c1ccc(C(C)C)cc1)C2. The van der Waals surface area contributed by atoms with E-state index < -0.39 is 0 Å². The van der Waals surface area contributed by atoms with Crippen LogP contribution in [0.25, 0.3) is 0 Å². The monoisotopic (exact) mass is 394 g/mol. The quantitative estimate of drug-likeness (QED) is 0.675. The summed E-state index contributed by atoms with van der Waals surface area (Å²) < 4.78 is 12.8. The molecule has 1 atom stereocenters. The molecule has 2 aromatic rings. The second kappa shape index (κ2) is 5.87. The van der Waals surface area contributed by atoms with Crippen LogP contribution in [0.5, 0.6) is 11.5 Å². The van der Waals surface area contributed by atoms with Crippen molar-refractivity contribution in [3.05, 3.63) is 56.7 Å². The number of methoxy groups -OCH3 is 1. The Morgan fingerprint density at radius 3 is 2.52 bits per heavy atom. The zero-order chi connectivity index (χ0) is 15.0. The number of rotatable bonds is 3. The lowest BCUT2D eigenvalue weighted by atomic mass is 9.98. The molecule has 0 saturated carbocycles. The summed E-state index contributed by atoms with van der Waals surface area (Å²) in [6.07, 6.45) is 0.997. The van der Waals surface area contributed by atoms with Crippen molar-refractivity contribution in [1.82, 2.24) is 0 Å². The molecule has 0 N–H and O–H groups in total. The van der Waals surface area contributed by atoms with Gasteiger partial charge < -0.3 is 9.47 Å². The minimum atomic E-state index is 0.0910. The summed E-state index contributed by atoms with van der Waals surface area (Å²) >= 11 is 2.32. The Bertz CT molecular complexity index is 647. The van der Waals surface area contributed by atoms with Crippen molar-refractivity contribution in [3.8, 4) is 11.5 Å². The minimum Gasteiger partial charge on any atom is -0.493 e. The van der Waals surface area contributed by atoms with Gasteiger partial charge in [0.1, 0.15) is 6.10 Å². The Kier molecular flexibility index (Phi) is 4.11. The van der Waals surface area contributed by atoms with Crippen LogP contribution in [-0.4, -0.2) is 7.11 Å². The molecule has 1 heterocycles. The fourth-order valence-electron chi connectivity index (χ4n) is 2.72. The van der Waals surface area contributed by atoms with E-state index in [9.17, 15) is 0 Å². The molecule has 110 valence electrons. The fourth-order valence-corrected chi connectivity index (χ4v) is 3.38. The number of ether oxygens (including phenoxy) is 2. The van der Waals surface area contributed by atoms with Crippen LogP contribution in [0.2, 0.25) is 0 Å². The molecule has 1 aliphatic heterocycles. The zero-order valence-electron chi connectivity index (χ0n) is 12.5. The predicted molar refractivity (Wildman–Crippen MR) is 93.3 cm³/mol. The van der Waals surface area contributed by atoms with Gasteiger partial charge in [-0.2, -0.15) is 0 Å². The molecule has 0 spiro atoms. The largest absolute Gasteiger partial charge is 0.493 e. The maximum absolute atomic E-state index is 6.14. The van der Waals surface area contributed by atoms with Gasteiger partial charge in [0.2, 0.25) is 0 Å². The van der Waals surface area contributed by atoms with Crippen LogP contribution >= 0.6 is 22.6 Å². The van der Waals surface area contributed by atoms with Gasteiger partial charge in [0.05, 0.1) is 7.11 Å². The summed E-state index contributed by atoms with van der Waals surface area (Å²) in [6.45, 7) is 4.42. The van der Waals surface area contributed by atoms with E-state index in [1.54, 1.807) is 7.11 Å². The van der Waals surface area contributed by atoms with E-state index >= 15 is 0 Å². The average molecular weight is 394 g/mol. The van der Waals surface area contributed by atoms with Gasteiger partial charge in [0, 0.05) is 15.6 Å². The average Bonchev–Trinajstić information content (AvgIpc) is 2.90. The number of fused-ring (bicyclic) bond motifs is 1. The first-order valence-electron chi connectivity index (χ1n) is 7.21. The van der Waals surface area contributed by atoms with E-state index in [4.69, 9.17) is 9.47 Å². The van der Waals surface area contributed by atoms with Crippen LogP contribution in [0, 0.1) is 3.57 Å². The molecule has 2 nitrogen and oxygen atoms in total. The first kappa shape index (κ1) is 14.7. The molecule has 0 fully saturated rings. The molecule has 0 saturated heterocycles. The van der Waals surface area contributed by atoms with Gasteiger partial charge in [-0.3, -0.25) is 0 Å². The summed E-state index contributed by atoms with van der Waals surface area (Å²) in [5, 5.41) is 0. The molecular formula is C18H19IO2. The van der Waals surface area contributed by atoms with Gasteiger partial charge in [-0.15, -0.1) is 0 Å². The highest BCUT2D eigenvalue weighted by atomic mass is 127. The molecule has 0 radical (unpaired) electrons. The van der Waals surface area contributed by atoms with Crippen LogP contribution in [0.15, 0.2) is 36.4 Å². The van der Waals surface area contributed by atoms with Crippen LogP contribution in [0.1, 0.15) is 42.6 Å². The lowest BCUT2D eigenvalue weighted by Crippen LogP contribution is -2.03. The first-order valence-corrected chi connectivity index (χ1v) is 8.29. The van der Waals surface area contributed by atoms with Crippen molar-refractivity contribution in [3.63, 3.8) is 0 Å². The molecule has 3 rings (SSSR count). The van der Waals surface area contributed by atoms with E-state index in [2.05, 4.69) is 66.8 Å². The van der Waals surface area contributed by atoms with Gasteiger partial charge in [-0.25, -0.2) is 0 Å². The summed E-state index contributed by atoms with van der Waals surface area (Å²) in [7, 11) is 1.69. The molecule has 3 heteroatoms. The Morgan fingerprint density at radius 2 is 1.90 bits per heavy atom. The van der Waals surface area contributed by atoms with Crippen molar-refractivity contribution in [1.29, 1.82) is 0 Å². The fraction of sp³-hybridized carbons (Fsp3) is 0.333. The van der Waals surface area contributed by atoms with Crippen LogP contribution in [0.4, 0.5) is 0 Å². The van der Waals surface area contributed by atoms with Crippen LogP contribution < -0.4 is 9.47 Å². The predicted octanol–water partition coefficient (Wildman–Crippen LogP) is 5.10. The Labute approximate surface area is 139 Å². The van der Waals surface area contributed by atoms with Crippen LogP contribution in [-0.2, 0) is 6.42 Å². The normalized spacial score (nSPS) is 16.7. The number of benzene rings is 2. The van der Waals surface area contributed by atoms with E-state index in [1.165, 1.54) is 20.3 Å². The van der Waals surface area contributed by atoms with E-state index in [1.807, 2.05) is 6.07 Å². The maximum Gasteiger partial charge on any atom is 0.165 e. The molecule has 0 aromatic heterocycles. The third kappa shape index (κ3) is 2.89. The van der Waals surface area contributed by atoms with Crippen LogP contribution in [0.3, 0.4) is 0 Å². The topological polar surface area (TPSA) is 18.5 Å². The Hall–Kier alpha value is -1.23. The van der Waals surface area contributed by atoms with Crippen molar-refractivity contribution in [2.24, 2.45) is 0 Å². The summed E-state index contributed by atoms with van der Waals surface area (Å²) in [4.78, 5) is 0. The lowest BCUT2D eigenvalue weighted by Gasteiger charge is -2.13. The van der Waals surface area contributed by atoms with E-state index in [-0.39, 0.29) is 6.10 Å². The highest BCUT2D eigenvalue weighted by Gasteiger charge is 2.27. The van der Waals surface area contributed by atoms with Gasteiger partial charge in [0.25, 0.3) is 0 Å². The first-order chi connectivity index (χ1) is 10.1. The molecule has 0 aliphatic carbocycles. The van der Waals surface area contributed by atoms with Crippen molar-refractivity contribution in [2.45, 2.75) is 32.3 Å². The Morgan fingerprint density at radius 1 is 1.19 bits per heavy atom. The highest BCUT2D eigenvalue weighted by Crippen LogP contribution is 2.44. The molecule has 1 aliphatic rings. The number of hydrogen-bond acceptors (Lipinski definition) is 2. The summed E-state index contributed by atoms with van der Waals surface area (Å²) in [5.41, 5.74) is 3.82. The second-order valence-corrected chi connectivity index (χ2v) is 6.97. The second-order valence-electron chi connectivity index (χ2n) is 5.73. The number of hydrogen-bond donors (Lipinski definition) is 0. The zero-order valence-corrected chi connectivity index (χ0v) is 14.7. The van der Waals surface area contributed by atoms with Crippen molar-refractivity contribution >= 4 is 22.6 Å². The number of halogens is 1. The molecule has 0 amide bonds. The third-order valence-electron chi connectivity index (χ3n) is 3.96.